The highest BCUT2D eigenvalue weighted by Gasteiger charge is 2.70. The molecule has 3 heteroatoms. The Morgan fingerprint density at radius 3 is 1.21 bits per heavy atom. The van der Waals surface area contributed by atoms with Gasteiger partial charge in [-0.1, -0.05) is 114 Å². The van der Waals surface area contributed by atoms with Gasteiger partial charge in [0.05, 0.1) is 6.61 Å². The molecule has 0 fully saturated rings. The number of aryl methyl sites for hydroxylation is 2. The second-order valence-corrected chi connectivity index (χ2v) is 13.4. The van der Waals surface area contributed by atoms with Crippen molar-refractivity contribution >= 4 is 29.1 Å². The van der Waals surface area contributed by atoms with Crippen molar-refractivity contribution in [2.24, 2.45) is 0 Å². The number of hydrogen-bond acceptors (Lipinski definition) is 2. The lowest BCUT2D eigenvalue weighted by atomic mass is 9.89. The number of esters is 1. The van der Waals surface area contributed by atoms with Gasteiger partial charge in [0, 0.05) is 11.1 Å². The Labute approximate surface area is 232 Å². The molecule has 0 unspecified atom stereocenters. The second-order valence-electron chi connectivity index (χ2n) is 9.84. The average molecular weight is 530 g/mol. The third kappa shape index (κ3) is 4.50. The molecule has 0 saturated heterocycles. The van der Waals surface area contributed by atoms with Crippen molar-refractivity contribution in [1.82, 2.24) is 0 Å². The highest BCUT2D eigenvalue weighted by molar-refractivity contribution is 7.97. The third-order valence-corrected chi connectivity index (χ3v) is 12.4. The molecular formula is C36H34O2P+. The summed E-state index contributed by atoms with van der Waals surface area (Å²) in [5.41, 5.74) is 4.15. The minimum absolute atomic E-state index is 0.234. The van der Waals surface area contributed by atoms with Crippen LogP contribution < -0.4 is 15.9 Å². The van der Waals surface area contributed by atoms with E-state index in [-0.39, 0.29) is 12.6 Å². The topological polar surface area (TPSA) is 26.3 Å². The van der Waals surface area contributed by atoms with E-state index in [1.807, 2.05) is 25.1 Å². The summed E-state index contributed by atoms with van der Waals surface area (Å²) >= 11 is 0. The summed E-state index contributed by atoms with van der Waals surface area (Å²) in [5, 5.41) is 2.22. The summed E-state index contributed by atoms with van der Waals surface area (Å²) in [7, 11) is -2.83. The van der Waals surface area contributed by atoms with Crippen LogP contribution in [0.5, 0.6) is 0 Å². The quantitative estimate of drug-likeness (QED) is 0.158. The molecule has 5 aromatic carbocycles. The van der Waals surface area contributed by atoms with Crippen molar-refractivity contribution in [3.8, 4) is 0 Å². The standard InChI is InChI=1S/C36H34O2P/c1-4-38-35(37)36(30-24-20-28(2)21-25-30,31-26-22-29(3)23-27-31)39(32-14-8-5-9-15-32,33-16-10-6-11-17-33)34-18-12-7-13-19-34/h5-27H,4H2,1-3H3/q+1. The van der Waals surface area contributed by atoms with Crippen LogP contribution in [0.25, 0.3) is 0 Å². The Morgan fingerprint density at radius 2 is 0.897 bits per heavy atom. The summed E-state index contributed by atoms with van der Waals surface area (Å²) in [6.07, 6.45) is 0. The third-order valence-electron chi connectivity index (χ3n) is 7.44. The maximum absolute atomic E-state index is 15.0. The van der Waals surface area contributed by atoms with Crippen molar-refractivity contribution < 1.29 is 9.53 Å². The van der Waals surface area contributed by atoms with E-state index in [0.29, 0.717) is 0 Å². The van der Waals surface area contributed by atoms with E-state index in [1.54, 1.807) is 0 Å². The molecule has 0 bridgehead atoms. The first kappa shape index (κ1) is 26.6. The van der Waals surface area contributed by atoms with Crippen LogP contribution in [0.4, 0.5) is 0 Å². The minimum atomic E-state index is -2.83. The van der Waals surface area contributed by atoms with Crippen molar-refractivity contribution in [2.75, 3.05) is 6.61 Å². The minimum Gasteiger partial charge on any atom is -0.462 e. The predicted molar refractivity (Wildman–Crippen MR) is 165 cm³/mol. The number of rotatable bonds is 8. The maximum atomic E-state index is 15.0. The summed E-state index contributed by atoms with van der Waals surface area (Å²) in [6, 6.07) is 48.6. The largest absolute Gasteiger partial charge is 0.462 e. The summed E-state index contributed by atoms with van der Waals surface area (Å²) in [5.74, 6) is -0.234. The fourth-order valence-corrected chi connectivity index (χ4v) is 11.1. The molecule has 0 spiro atoms. The van der Waals surface area contributed by atoms with Gasteiger partial charge in [0.1, 0.15) is 23.2 Å². The molecule has 5 aromatic rings. The van der Waals surface area contributed by atoms with Gasteiger partial charge >= 0.3 is 5.97 Å². The number of carbonyl (C=O) groups excluding carboxylic acids is 1. The molecular weight excluding hydrogens is 495 g/mol. The molecule has 0 amide bonds. The monoisotopic (exact) mass is 529 g/mol. The normalized spacial score (nSPS) is 11.7. The summed E-state index contributed by atoms with van der Waals surface area (Å²) < 4.78 is 6.14. The van der Waals surface area contributed by atoms with Crippen molar-refractivity contribution in [3.05, 3.63) is 162 Å². The summed E-state index contributed by atoms with van der Waals surface area (Å²) in [4.78, 5) is 15.0. The zero-order valence-corrected chi connectivity index (χ0v) is 23.6. The number of ether oxygens (including phenoxy) is 1. The predicted octanol–water partition coefficient (Wildman–Crippen LogP) is 7.10. The highest BCUT2D eigenvalue weighted by atomic mass is 31.2. The van der Waals surface area contributed by atoms with Crippen LogP contribution in [0.3, 0.4) is 0 Å². The van der Waals surface area contributed by atoms with E-state index in [0.717, 1.165) is 38.2 Å². The molecule has 194 valence electrons. The van der Waals surface area contributed by atoms with E-state index in [2.05, 4.69) is 135 Å². The van der Waals surface area contributed by atoms with E-state index in [4.69, 9.17) is 4.74 Å². The fraction of sp³-hybridized carbons (Fsp3) is 0.139. The van der Waals surface area contributed by atoms with Gasteiger partial charge < -0.3 is 4.74 Å². The molecule has 0 radical (unpaired) electrons. The lowest BCUT2D eigenvalue weighted by molar-refractivity contribution is -0.145. The molecule has 0 aliphatic heterocycles. The van der Waals surface area contributed by atoms with Crippen LogP contribution in [-0.4, -0.2) is 12.6 Å². The molecule has 0 aromatic heterocycles. The fourth-order valence-electron chi connectivity index (χ4n) is 5.73. The van der Waals surface area contributed by atoms with Gasteiger partial charge in [-0.25, -0.2) is 4.79 Å². The van der Waals surface area contributed by atoms with E-state index in [9.17, 15) is 0 Å². The van der Waals surface area contributed by atoms with Gasteiger partial charge in [0.15, 0.2) is 0 Å². The molecule has 0 atom stereocenters. The van der Waals surface area contributed by atoms with E-state index >= 15 is 4.79 Å². The van der Waals surface area contributed by atoms with E-state index < -0.39 is 12.4 Å². The van der Waals surface area contributed by atoms with Crippen LogP contribution in [0.1, 0.15) is 29.2 Å². The maximum Gasteiger partial charge on any atom is 0.360 e. The molecule has 39 heavy (non-hydrogen) atoms. The number of benzene rings is 5. The van der Waals surface area contributed by atoms with Crippen molar-refractivity contribution in [1.29, 1.82) is 0 Å². The van der Waals surface area contributed by atoms with Crippen LogP contribution >= 0.6 is 7.26 Å². The Kier molecular flexibility index (Phi) is 7.77. The van der Waals surface area contributed by atoms with Crippen molar-refractivity contribution in [2.45, 2.75) is 25.9 Å². The smallest absolute Gasteiger partial charge is 0.360 e. The Balaban J connectivity index is 2.09. The van der Waals surface area contributed by atoms with Gasteiger partial charge in [-0.2, -0.15) is 0 Å². The first-order valence-electron chi connectivity index (χ1n) is 13.4. The number of hydrogen-bond donors (Lipinski definition) is 0. The molecule has 0 saturated carbocycles. The van der Waals surface area contributed by atoms with Crippen molar-refractivity contribution in [3.63, 3.8) is 0 Å². The van der Waals surface area contributed by atoms with Crippen LogP contribution in [0.2, 0.25) is 0 Å². The van der Waals surface area contributed by atoms with Crippen LogP contribution in [0.15, 0.2) is 140 Å². The molecule has 0 aliphatic carbocycles. The van der Waals surface area contributed by atoms with Gasteiger partial charge in [-0.05, 0) is 57.2 Å². The first-order chi connectivity index (χ1) is 19.0. The zero-order chi connectivity index (χ0) is 27.3. The van der Waals surface area contributed by atoms with Gasteiger partial charge in [0.2, 0.25) is 5.16 Å². The van der Waals surface area contributed by atoms with Gasteiger partial charge in [-0.15, -0.1) is 0 Å². The van der Waals surface area contributed by atoms with Gasteiger partial charge in [-0.3, -0.25) is 0 Å². The lowest BCUT2D eigenvalue weighted by Crippen LogP contribution is -2.52. The average Bonchev–Trinajstić information content (AvgIpc) is 2.98. The Bertz CT molecular complexity index is 1370. The van der Waals surface area contributed by atoms with Crippen LogP contribution in [0, 0.1) is 13.8 Å². The molecule has 0 aliphatic rings. The van der Waals surface area contributed by atoms with E-state index in [1.165, 1.54) is 0 Å². The Hall–Kier alpha value is -4.00. The number of carbonyl (C=O) groups is 1. The highest BCUT2D eigenvalue weighted by Crippen LogP contribution is 2.73. The molecule has 5 rings (SSSR count). The second kappa shape index (κ2) is 11.4. The lowest BCUT2D eigenvalue weighted by Gasteiger charge is -2.43. The SMILES string of the molecule is CCOC(=O)C(c1ccc(C)cc1)(c1ccc(C)cc1)[P+](c1ccccc1)(c1ccccc1)c1ccccc1. The van der Waals surface area contributed by atoms with Crippen LogP contribution in [-0.2, 0) is 14.7 Å². The first-order valence-corrected chi connectivity index (χ1v) is 15.2. The molecule has 0 heterocycles. The molecule has 2 nitrogen and oxygen atoms in total. The van der Waals surface area contributed by atoms with Gasteiger partial charge in [0.25, 0.3) is 0 Å². The molecule has 0 N–H and O–H groups in total. The Morgan fingerprint density at radius 1 is 0.564 bits per heavy atom. The zero-order valence-electron chi connectivity index (χ0n) is 22.7. The summed E-state index contributed by atoms with van der Waals surface area (Å²) in [6.45, 7) is 6.34.